The fraction of sp³-hybridized carbons (Fsp3) is 0.462. The van der Waals surface area contributed by atoms with E-state index in [9.17, 15) is 10.1 Å². The minimum Gasteiger partial charge on any atom is -0.381 e. The van der Waals surface area contributed by atoms with Gasteiger partial charge < -0.3 is 14.5 Å². The Hall–Kier alpha value is -3.64. The number of hydrogen-bond acceptors (Lipinski definition) is 6. The lowest BCUT2D eigenvalue weighted by molar-refractivity contribution is -0.133. The largest absolute Gasteiger partial charge is 0.381 e. The first kappa shape index (κ1) is 21.9. The maximum absolute atomic E-state index is 12.6. The van der Waals surface area contributed by atoms with Crippen molar-refractivity contribution in [3.05, 3.63) is 46.9 Å². The number of H-pyrrole nitrogens is 2. The van der Waals surface area contributed by atoms with Crippen molar-refractivity contribution in [3.8, 4) is 17.2 Å². The maximum atomic E-state index is 12.6. The Morgan fingerprint density at radius 3 is 2.94 bits per heavy atom. The van der Waals surface area contributed by atoms with Crippen LogP contribution in [0.4, 0.5) is 11.5 Å². The molecule has 1 saturated heterocycles. The van der Waals surface area contributed by atoms with Gasteiger partial charge in [0.2, 0.25) is 5.91 Å². The lowest BCUT2D eigenvalue weighted by atomic mass is 9.86. The summed E-state index contributed by atoms with van der Waals surface area (Å²) < 4.78 is 5.73. The second-order valence-electron chi connectivity index (χ2n) is 9.82. The first-order valence-corrected chi connectivity index (χ1v) is 12.3. The van der Waals surface area contributed by atoms with Crippen LogP contribution in [0.1, 0.15) is 54.2 Å². The Bertz CT molecular complexity index is 1310. The first-order valence-electron chi connectivity index (χ1n) is 12.3. The van der Waals surface area contributed by atoms with Gasteiger partial charge in [-0.05, 0) is 36.6 Å². The fourth-order valence-corrected chi connectivity index (χ4v) is 6.09. The molecule has 3 aliphatic heterocycles. The molecule has 3 aliphatic rings. The number of rotatable bonds is 4. The van der Waals surface area contributed by atoms with Gasteiger partial charge in [0.25, 0.3) is 0 Å². The minimum absolute atomic E-state index is 0.0566. The molecule has 9 heteroatoms. The van der Waals surface area contributed by atoms with Gasteiger partial charge in [-0.3, -0.25) is 15.0 Å². The van der Waals surface area contributed by atoms with Crippen molar-refractivity contribution in [2.24, 2.45) is 5.92 Å². The number of benzene rings is 1. The molecule has 3 unspecified atom stereocenters. The van der Waals surface area contributed by atoms with E-state index in [1.165, 1.54) is 0 Å². The van der Waals surface area contributed by atoms with Crippen molar-refractivity contribution in [3.63, 3.8) is 0 Å². The Morgan fingerprint density at radius 1 is 1.34 bits per heavy atom. The number of aryl methyl sites for hydroxylation is 1. The minimum atomic E-state index is -0.0566. The predicted molar refractivity (Wildman–Crippen MR) is 130 cm³/mol. The van der Waals surface area contributed by atoms with Gasteiger partial charge >= 0.3 is 0 Å². The van der Waals surface area contributed by atoms with Crippen molar-refractivity contribution in [2.75, 3.05) is 31.2 Å². The third-order valence-corrected chi connectivity index (χ3v) is 7.81. The summed E-state index contributed by atoms with van der Waals surface area (Å²) in [7, 11) is 0. The summed E-state index contributed by atoms with van der Waals surface area (Å²) in [4.78, 5) is 16.9. The Kier molecular flexibility index (Phi) is 5.33. The number of carbonyl (C=O) groups is 1. The van der Waals surface area contributed by atoms with E-state index in [1.54, 1.807) is 6.92 Å². The highest BCUT2D eigenvalue weighted by atomic mass is 16.5. The Morgan fingerprint density at radius 2 is 2.23 bits per heavy atom. The van der Waals surface area contributed by atoms with Crippen LogP contribution in [0.3, 0.4) is 0 Å². The Labute approximate surface area is 204 Å². The molecule has 0 bridgehead atoms. The third-order valence-electron chi connectivity index (χ3n) is 7.81. The molecule has 1 fully saturated rings. The van der Waals surface area contributed by atoms with E-state index in [0.29, 0.717) is 26.1 Å². The van der Waals surface area contributed by atoms with Crippen LogP contribution >= 0.6 is 0 Å². The third kappa shape index (κ3) is 3.51. The zero-order chi connectivity index (χ0) is 24.1. The highest BCUT2D eigenvalue weighted by molar-refractivity contribution is 5.79. The van der Waals surface area contributed by atoms with Crippen LogP contribution in [0.5, 0.6) is 0 Å². The van der Waals surface area contributed by atoms with Crippen LogP contribution in [0, 0.1) is 24.2 Å². The van der Waals surface area contributed by atoms with Gasteiger partial charge in [-0.2, -0.15) is 15.5 Å². The zero-order valence-electron chi connectivity index (χ0n) is 20.0. The predicted octanol–water partition coefficient (Wildman–Crippen LogP) is 3.74. The number of amides is 1. The molecule has 0 radical (unpaired) electrons. The molecule has 35 heavy (non-hydrogen) atoms. The summed E-state index contributed by atoms with van der Waals surface area (Å²) in [6, 6.07) is 8.76. The van der Waals surface area contributed by atoms with Gasteiger partial charge in [0.1, 0.15) is 0 Å². The van der Waals surface area contributed by atoms with Gasteiger partial charge in [-0.25, -0.2) is 0 Å². The van der Waals surface area contributed by atoms with E-state index >= 15 is 0 Å². The van der Waals surface area contributed by atoms with Crippen molar-refractivity contribution >= 4 is 17.4 Å². The molecule has 6 rings (SSSR count). The lowest BCUT2D eigenvalue weighted by Crippen LogP contribution is -2.42. The molecule has 1 amide bonds. The highest BCUT2D eigenvalue weighted by Gasteiger charge is 2.42. The average molecular weight is 472 g/mol. The maximum Gasteiger partial charge on any atom is 0.219 e. The van der Waals surface area contributed by atoms with Crippen molar-refractivity contribution < 1.29 is 9.53 Å². The van der Waals surface area contributed by atoms with E-state index in [2.05, 4.69) is 44.5 Å². The SMILES string of the molecule is CC(=O)N1CCc2[nH]nc(N3CC(CC#N)c4cc(-c5cn[nH]c5C)ccc43)c2C1C1CCOC1. The van der Waals surface area contributed by atoms with Crippen molar-refractivity contribution in [1.29, 1.82) is 5.26 Å². The number of ether oxygens (including phenoxy) is 1. The summed E-state index contributed by atoms with van der Waals surface area (Å²) in [5, 5.41) is 24.8. The molecule has 3 aromatic rings. The normalized spacial score (nSPS) is 23.3. The van der Waals surface area contributed by atoms with Crippen LogP contribution in [0.25, 0.3) is 11.1 Å². The smallest absolute Gasteiger partial charge is 0.219 e. The van der Waals surface area contributed by atoms with Crippen molar-refractivity contribution in [1.82, 2.24) is 25.3 Å². The number of anilines is 2. The molecule has 180 valence electrons. The average Bonchev–Trinajstić information content (AvgIpc) is 3.65. The second-order valence-corrected chi connectivity index (χ2v) is 9.82. The monoisotopic (exact) mass is 471 g/mol. The van der Waals surface area contributed by atoms with Crippen LogP contribution < -0.4 is 4.90 Å². The molecule has 0 spiro atoms. The Balaban J connectivity index is 1.45. The topological polar surface area (TPSA) is 114 Å². The van der Waals surface area contributed by atoms with Gasteiger partial charge in [-0.1, -0.05) is 6.07 Å². The summed E-state index contributed by atoms with van der Waals surface area (Å²) in [6.07, 6.45) is 3.97. The number of carbonyl (C=O) groups excluding carboxylic acids is 1. The van der Waals surface area contributed by atoms with Gasteiger partial charge in [0, 0.05) is 79.5 Å². The summed E-state index contributed by atoms with van der Waals surface area (Å²) >= 11 is 0. The van der Waals surface area contributed by atoms with E-state index in [1.807, 2.05) is 18.0 Å². The van der Waals surface area contributed by atoms with Crippen LogP contribution in [-0.2, 0) is 16.0 Å². The molecule has 0 aliphatic carbocycles. The quantitative estimate of drug-likeness (QED) is 0.599. The van der Waals surface area contributed by atoms with Gasteiger partial charge in [0.05, 0.1) is 24.9 Å². The molecular weight excluding hydrogens is 442 g/mol. The number of aromatic nitrogens is 4. The van der Waals surface area contributed by atoms with E-state index in [4.69, 9.17) is 9.84 Å². The number of fused-ring (bicyclic) bond motifs is 2. The number of nitrogens with one attached hydrogen (secondary N) is 2. The fourth-order valence-electron chi connectivity index (χ4n) is 6.09. The molecule has 3 atom stereocenters. The zero-order valence-corrected chi connectivity index (χ0v) is 20.0. The summed E-state index contributed by atoms with van der Waals surface area (Å²) in [5.74, 6) is 1.29. The molecule has 2 N–H and O–H groups in total. The number of aromatic amines is 2. The molecule has 0 saturated carbocycles. The molecule has 1 aromatic carbocycles. The highest BCUT2D eigenvalue weighted by Crippen LogP contribution is 2.49. The lowest BCUT2D eigenvalue weighted by Gasteiger charge is -2.39. The summed E-state index contributed by atoms with van der Waals surface area (Å²) in [5.41, 5.74) is 7.62. The van der Waals surface area contributed by atoms with Crippen molar-refractivity contribution in [2.45, 2.75) is 45.1 Å². The molecular formula is C26H29N7O2. The number of nitrogens with zero attached hydrogens (tertiary/aromatic N) is 5. The van der Waals surface area contributed by atoms with Gasteiger partial charge in [-0.15, -0.1) is 0 Å². The van der Waals surface area contributed by atoms with Crippen LogP contribution in [0.15, 0.2) is 24.4 Å². The molecule has 9 nitrogen and oxygen atoms in total. The molecule has 5 heterocycles. The number of hydrogen-bond donors (Lipinski definition) is 2. The standard InChI is InChI=1S/C26H29N7O2/c1-15-21(12-28-29-15)17-3-4-23-20(11-17)18(5-8-27)13-33(23)26-24-22(30-31-26)6-9-32(16(2)34)25(24)19-7-10-35-14-19/h3-4,11-12,18-19,25H,5-7,9-10,13-14H2,1-2H3,(H,28,29)(H,30,31). The van der Waals surface area contributed by atoms with E-state index in [-0.39, 0.29) is 23.8 Å². The van der Waals surface area contributed by atoms with Crippen LogP contribution in [-0.4, -0.2) is 57.5 Å². The molecule has 2 aromatic heterocycles. The second kappa shape index (κ2) is 8.54. The summed E-state index contributed by atoms with van der Waals surface area (Å²) in [6.45, 7) is 6.41. The van der Waals surface area contributed by atoms with E-state index in [0.717, 1.165) is 64.6 Å². The number of nitriles is 1. The van der Waals surface area contributed by atoms with Gasteiger partial charge in [0.15, 0.2) is 5.82 Å². The van der Waals surface area contributed by atoms with Crippen LogP contribution in [0.2, 0.25) is 0 Å². The first-order chi connectivity index (χ1) is 17.1. The van der Waals surface area contributed by atoms with E-state index < -0.39 is 0 Å².